The molecule has 1 saturated carbocycles. The maximum absolute atomic E-state index is 12.8. The van der Waals surface area contributed by atoms with Crippen LogP contribution in [-0.2, 0) is 22.9 Å². The highest BCUT2D eigenvalue weighted by molar-refractivity contribution is 7.89. The standard InChI is InChI=1S/C26H29ClN2O3S/c27-23-10-12-24(13-11-23)33(30,31)29-20-26(15-2-3-16-26)19-22-8-6-21(7-9-22)14-18-32-25-5-1-4-17-28-25/h1,4-13,17,29H,2-3,14-16,18-20H2. The van der Waals surface area contributed by atoms with Crippen LogP contribution in [0.15, 0.2) is 77.8 Å². The molecule has 1 fully saturated rings. The van der Waals surface area contributed by atoms with Gasteiger partial charge in [-0.15, -0.1) is 0 Å². The Kier molecular flexibility index (Phi) is 7.68. The number of halogens is 1. The Morgan fingerprint density at radius 2 is 1.64 bits per heavy atom. The van der Waals surface area contributed by atoms with Gasteiger partial charge in [-0.25, -0.2) is 18.1 Å². The van der Waals surface area contributed by atoms with Crippen LogP contribution in [0.5, 0.6) is 5.88 Å². The van der Waals surface area contributed by atoms with Crippen LogP contribution in [0.3, 0.4) is 0 Å². The van der Waals surface area contributed by atoms with E-state index in [9.17, 15) is 8.42 Å². The number of nitrogens with one attached hydrogen (secondary N) is 1. The summed E-state index contributed by atoms with van der Waals surface area (Å²) >= 11 is 5.90. The number of hydrogen-bond donors (Lipinski definition) is 1. The second kappa shape index (κ2) is 10.7. The average molecular weight is 485 g/mol. The number of aromatic nitrogens is 1. The van der Waals surface area contributed by atoms with E-state index in [1.165, 1.54) is 11.1 Å². The van der Waals surface area contributed by atoms with Gasteiger partial charge in [-0.05, 0) is 66.1 Å². The molecule has 7 heteroatoms. The average Bonchev–Trinajstić information content (AvgIpc) is 3.29. The zero-order chi connectivity index (χ0) is 23.2. The van der Waals surface area contributed by atoms with Gasteiger partial charge in [-0.2, -0.15) is 0 Å². The zero-order valence-electron chi connectivity index (χ0n) is 18.5. The van der Waals surface area contributed by atoms with Crippen molar-refractivity contribution in [3.8, 4) is 5.88 Å². The van der Waals surface area contributed by atoms with Gasteiger partial charge in [0.1, 0.15) is 0 Å². The fraction of sp³-hybridized carbons (Fsp3) is 0.346. The largest absolute Gasteiger partial charge is 0.477 e. The molecule has 1 heterocycles. The molecule has 0 unspecified atom stereocenters. The number of ether oxygens (including phenoxy) is 1. The maximum atomic E-state index is 12.8. The van der Waals surface area contributed by atoms with E-state index >= 15 is 0 Å². The highest BCUT2D eigenvalue weighted by atomic mass is 35.5. The summed E-state index contributed by atoms with van der Waals surface area (Å²) in [4.78, 5) is 4.42. The van der Waals surface area contributed by atoms with Crippen LogP contribution in [0.1, 0.15) is 36.8 Å². The first-order valence-electron chi connectivity index (χ1n) is 11.3. The van der Waals surface area contributed by atoms with Crippen molar-refractivity contribution >= 4 is 21.6 Å². The normalized spacial score (nSPS) is 15.4. The predicted molar refractivity (Wildman–Crippen MR) is 131 cm³/mol. The van der Waals surface area contributed by atoms with Crippen LogP contribution >= 0.6 is 11.6 Å². The summed E-state index contributed by atoms with van der Waals surface area (Å²) in [5.74, 6) is 0.637. The van der Waals surface area contributed by atoms with E-state index in [0.717, 1.165) is 38.5 Å². The first-order valence-corrected chi connectivity index (χ1v) is 13.2. The molecule has 174 valence electrons. The molecule has 0 amide bonds. The number of benzene rings is 2. The predicted octanol–water partition coefficient (Wildman–Crippen LogP) is 5.44. The van der Waals surface area contributed by atoms with Gasteiger partial charge in [-0.3, -0.25) is 0 Å². The van der Waals surface area contributed by atoms with Crippen molar-refractivity contribution in [3.05, 3.63) is 89.1 Å². The van der Waals surface area contributed by atoms with Crippen LogP contribution in [0.25, 0.3) is 0 Å². The lowest BCUT2D eigenvalue weighted by Gasteiger charge is -2.29. The van der Waals surface area contributed by atoms with Gasteiger partial charge < -0.3 is 4.74 Å². The minimum absolute atomic E-state index is 0.0525. The topological polar surface area (TPSA) is 68.3 Å². The fourth-order valence-electron chi connectivity index (χ4n) is 4.45. The van der Waals surface area contributed by atoms with Crippen LogP contribution in [0, 0.1) is 5.41 Å². The minimum Gasteiger partial charge on any atom is -0.477 e. The van der Waals surface area contributed by atoms with Crippen molar-refractivity contribution in [3.63, 3.8) is 0 Å². The first-order chi connectivity index (χ1) is 15.9. The van der Waals surface area contributed by atoms with Crippen molar-refractivity contribution in [2.75, 3.05) is 13.2 Å². The van der Waals surface area contributed by atoms with E-state index in [1.807, 2.05) is 18.2 Å². The molecule has 1 N–H and O–H groups in total. The van der Waals surface area contributed by atoms with E-state index in [0.29, 0.717) is 24.1 Å². The molecule has 1 aliphatic carbocycles. The molecular weight excluding hydrogens is 456 g/mol. The molecule has 0 atom stereocenters. The molecule has 5 nitrogen and oxygen atoms in total. The number of pyridine rings is 1. The highest BCUT2D eigenvalue weighted by Gasteiger charge is 2.35. The Bertz CT molecular complexity index is 1130. The van der Waals surface area contributed by atoms with Gasteiger partial charge in [0.15, 0.2) is 0 Å². The van der Waals surface area contributed by atoms with Gasteiger partial charge >= 0.3 is 0 Å². The summed E-state index contributed by atoms with van der Waals surface area (Å²) in [5.41, 5.74) is 2.39. The number of sulfonamides is 1. The van der Waals surface area contributed by atoms with E-state index in [-0.39, 0.29) is 10.3 Å². The first kappa shape index (κ1) is 23.7. The number of nitrogens with zero attached hydrogens (tertiary/aromatic N) is 1. The molecule has 1 aliphatic rings. The molecule has 0 bridgehead atoms. The molecule has 33 heavy (non-hydrogen) atoms. The molecule has 0 aliphatic heterocycles. The Labute approximate surface area is 201 Å². The van der Waals surface area contributed by atoms with E-state index < -0.39 is 10.0 Å². The Balaban J connectivity index is 1.34. The van der Waals surface area contributed by atoms with Crippen molar-refractivity contribution in [1.82, 2.24) is 9.71 Å². The van der Waals surface area contributed by atoms with Gasteiger partial charge in [0.25, 0.3) is 0 Å². The molecule has 0 radical (unpaired) electrons. The monoisotopic (exact) mass is 484 g/mol. The number of rotatable bonds is 10. The Morgan fingerprint density at radius 3 is 2.30 bits per heavy atom. The maximum Gasteiger partial charge on any atom is 0.240 e. The third kappa shape index (κ3) is 6.56. The molecule has 2 aromatic carbocycles. The summed E-state index contributed by atoms with van der Waals surface area (Å²) in [6.07, 6.45) is 7.70. The molecular formula is C26H29ClN2O3S. The van der Waals surface area contributed by atoms with Gasteiger partial charge in [0.05, 0.1) is 11.5 Å². The smallest absolute Gasteiger partial charge is 0.240 e. The SMILES string of the molecule is O=S(=O)(NCC1(Cc2ccc(CCOc3ccccn3)cc2)CCCC1)c1ccc(Cl)cc1. The van der Waals surface area contributed by atoms with E-state index in [2.05, 4.69) is 34.0 Å². The van der Waals surface area contributed by atoms with Gasteiger partial charge in [-0.1, -0.05) is 54.8 Å². The van der Waals surface area contributed by atoms with Crippen LogP contribution < -0.4 is 9.46 Å². The lowest BCUT2D eigenvalue weighted by Crippen LogP contribution is -2.37. The summed E-state index contributed by atoms with van der Waals surface area (Å²) in [6, 6.07) is 20.5. The highest BCUT2D eigenvalue weighted by Crippen LogP contribution is 2.40. The summed E-state index contributed by atoms with van der Waals surface area (Å²) in [6.45, 7) is 1.02. The van der Waals surface area contributed by atoms with Crippen molar-refractivity contribution in [2.24, 2.45) is 5.41 Å². The minimum atomic E-state index is -3.56. The van der Waals surface area contributed by atoms with Gasteiger partial charge in [0, 0.05) is 30.3 Å². The van der Waals surface area contributed by atoms with Gasteiger partial charge in [0.2, 0.25) is 15.9 Å². The van der Waals surface area contributed by atoms with Crippen LogP contribution in [0.4, 0.5) is 0 Å². The number of hydrogen-bond acceptors (Lipinski definition) is 4. The summed E-state index contributed by atoms with van der Waals surface area (Å²) in [7, 11) is -3.56. The van der Waals surface area contributed by atoms with Crippen molar-refractivity contribution < 1.29 is 13.2 Å². The Morgan fingerprint density at radius 1 is 0.939 bits per heavy atom. The lowest BCUT2D eigenvalue weighted by atomic mass is 9.80. The van der Waals surface area contributed by atoms with Crippen LogP contribution in [0.2, 0.25) is 5.02 Å². The second-order valence-electron chi connectivity index (χ2n) is 8.75. The van der Waals surface area contributed by atoms with E-state index in [4.69, 9.17) is 16.3 Å². The lowest BCUT2D eigenvalue weighted by molar-refractivity contribution is 0.295. The van der Waals surface area contributed by atoms with Crippen LogP contribution in [-0.4, -0.2) is 26.6 Å². The third-order valence-electron chi connectivity index (χ3n) is 6.31. The van der Waals surface area contributed by atoms with Crippen molar-refractivity contribution in [1.29, 1.82) is 0 Å². The fourth-order valence-corrected chi connectivity index (χ4v) is 5.73. The molecule has 0 spiro atoms. The summed E-state index contributed by atoms with van der Waals surface area (Å²) < 4.78 is 34.1. The zero-order valence-corrected chi connectivity index (χ0v) is 20.1. The molecule has 1 aromatic heterocycles. The quantitative estimate of drug-likeness (QED) is 0.416. The second-order valence-corrected chi connectivity index (χ2v) is 10.9. The molecule has 0 saturated heterocycles. The van der Waals surface area contributed by atoms with Crippen molar-refractivity contribution in [2.45, 2.75) is 43.4 Å². The third-order valence-corrected chi connectivity index (χ3v) is 7.97. The summed E-state index contributed by atoms with van der Waals surface area (Å²) in [5, 5.41) is 0.521. The molecule has 4 rings (SSSR count). The molecule has 3 aromatic rings. The van der Waals surface area contributed by atoms with E-state index in [1.54, 1.807) is 30.5 Å². The Hall–Kier alpha value is -2.41.